The minimum absolute atomic E-state index is 0. The van der Waals surface area contributed by atoms with Gasteiger partial charge in [-0.15, -0.1) is 0 Å². The van der Waals surface area contributed by atoms with E-state index in [2.05, 4.69) is 5.32 Å². The number of hydrogen-bond acceptors (Lipinski definition) is 4. The Labute approximate surface area is 159 Å². The maximum absolute atomic E-state index is 12.0. The SMILES string of the molecule is O=C(Nc1ccc([N+](=O)[O-])cc1Cl)c1cc(Cl)ccc1O.[H-].[Na+]. The molecule has 0 fully saturated rings. The first-order valence-electron chi connectivity index (χ1n) is 5.62. The third-order valence-electron chi connectivity index (χ3n) is 2.61. The molecule has 0 atom stereocenters. The summed E-state index contributed by atoms with van der Waals surface area (Å²) in [5.74, 6) is -0.874. The predicted molar refractivity (Wildman–Crippen MR) is 80.3 cm³/mol. The number of benzene rings is 2. The molecule has 2 N–H and O–H groups in total. The van der Waals surface area contributed by atoms with E-state index in [0.29, 0.717) is 0 Å². The third-order valence-corrected chi connectivity index (χ3v) is 3.16. The van der Waals surface area contributed by atoms with Gasteiger partial charge in [0.1, 0.15) is 5.75 Å². The van der Waals surface area contributed by atoms with E-state index < -0.39 is 10.8 Å². The quantitative estimate of drug-likeness (QED) is 0.490. The van der Waals surface area contributed by atoms with E-state index >= 15 is 0 Å². The van der Waals surface area contributed by atoms with Crippen molar-refractivity contribution in [1.82, 2.24) is 0 Å². The molecule has 0 bridgehead atoms. The van der Waals surface area contributed by atoms with Gasteiger partial charge in [-0.3, -0.25) is 14.9 Å². The average molecular weight is 351 g/mol. The van der Waals surface area contributed by atoms with Gasteiger partial charge in [-0.25, -0.2) is 0 Å². The van der Waals surface area contributed by atoms with Crippen LogP contribution in [0.1, 0.15) is 11.8 Å². The molecule has 6 nitrogen and oxygen atoms in total. The van der Waals surface area contributed by atoms with Gasteiger partial charge in [0.2, 0.25) is 0 Å². The molecular weight excluding hydrogens is 342 g/mol. The molecule has 0 aromatic heterocycles. The number of carbonyl (C=O) groups excluding carboxylic acids is 1. The topological polar surface area (TPSA) is 92.5 Å². The molecule has 0 radical (unpaired) electrons. The number of nitrogens with one attached hydrogen (secondary N) is 1. The van der Waals surface area contributed by atoms with Crippen LogP contribution < -0.4 is 34.9 Å². The number of nitro benzene ring substituents is 1. The van der Waals surface area contributed by atoms with Crippen LogP contribution in [0.3, 0.4) is 0 Å². The van der Waals surface area contributed by atoms with Crippen molar-refractivity contribution < 1.29 is 45.8 Å². The van der Waals surface area contributed by atoms with Crippen molar-refractivity contribution >= 4 is 40.5 Å². The molecule has 1 amide bonds. The fraction of sp³-hybridized carbons (Fsp3) is 0. The van der Waals surface area contributed by atoms with Gasteiger partial charge in [0.25, 0.3) is 11.6 Å². The fourth-order valence-electron chi connectivity index (χ4n) is 1.60. The zero-order valence-electron chi connectivity index (χ0n) is 12.3. The monoisotopic (exact) mass is 350 g/mol. The number of nitro groups is 1. The van der Waals surface area contributed by atoms with Crippen molar-refractivity contribution in [3.8, 4) is 5.75 Å². The Balaban J connectivity index is 0.00000242. The van der Waals surface area contributed by atoms with Gasteiger partial charge in [-0.1, -0.05) is 23.2 Å². The zero-order valence-corrected chi connectivity index (χ0v) is 14.9. The number of anilines is 1. The molecule has 9 heteroatoms. The molecule has 0 saturated carbocycles. The molecule has 0 heterocycles. The first-order valence-corrected chi connectivity index (χ1v) is 6.38. The average Bonchev–Trinajstić information content (AvgIpc) is 2.43. The van der Waals surface area contributed by atoms with Gasteiger partial charge >= 0.3 is 29.6 Å². The van der Waals surface area contributed by atoms with Gasteiger partial charge in [0.15, 0.2) is 0 Å². The summed E-state index contributed by atoms with van der Waals surface area (Å²) in [6.07, 6.45) is 0. The van der Waals surface area contributed by atoms with Crippen LogP contribution in [0.25, 0.3) is 0 Å². The van der Waals surface area contributed by atoms with E-state index in [0.717, 1.165) is 6.07 Å². The minimum atomic E-state index is -0.634. The minimum Gasteiger partial charge on any atom is -1.00 e. The van der Waals surface area contributed by atoms with Gasteiger partial charge in [0, 0.05) is 17.2 Å². The van der Waals surface area contributed by atoms with Crippen molar-refractivity contribution in [3.05, 3.63) is 62.1 Å². The number of aromatic hydroxyl groups is 1. The Bertz CT molecular complexity index is 746. The van der Waals surface area contributed by atoms with Crippen LogP contribution in [0.5, 0.6) is 5.75 Å². The zero-order chi connectivity index (χ0) is 15.6. The molecule has 2 rings (SSSR count). The molecular formula is C13H9Cl2N2NaO4. The molecule has 0 aliphatic carbocycles. The van der Waals surface area contributed by atoms with Crippen LogP contribution >= 0.6 is 23.2 Å². The number of carbonyl (C=O) groups is 1. The Hall–Kier alpha value is -1.31. The number of phenols is 1. The largest absolute Gasteiger partial charge is 1.00 e. The van der Waals surface area contributed by atoms with Gasteiger partial charge in [-0.05, 0) is 24.3 Å². The van der Waals surface area contributed by atoms with Crippen LogP contribution in [0.15, 0.2) is 36.4 Å². The summed E-state index contributed by atoms with van der Waals surface area (Å²) in [4.78, 5) is 22.0. The Morgan fingerprint density at radius 1 is 1.23 bits per heavy atom. The summed E-state index contributed by atoms with van der Waals surface area (Å²) in [5.41, 5.74) is -0.0350. The molecule has 22 heavy (non-hydrogen) atoms. The molecule has 2 aromatic rings. The summed E-state index contributed by atoms with van der Waals surface area (Å²) in [6, 6.07) is 7.65. The van der Waals surface area contributed by atoms with E-state index in [9.17, 15) is 20.0 Å². The Kier molecular flexibility index (Phi) is 6.65. The third kappa shape index (κ3) is 4.34. The number of nitrogens with zero attached hydrogens (tertiary/aromatic N) is 1. The number of non-ortho nitro benzene ring substituents is 1. The first kappa shape index (κ1) is 18.7. The second-order valence-corrected chi connectivity index (χ2v) is 4.88. The molecule has 0 unspecified atom stereocenters. The van der Waals surface area contributed by atoms with Crippen molar-refractivity contribution in [3.63, 3.8) is 0 Å². The summed E-state index contributed by atoms with van der Waals surface area (Å²) in [6.45, 7) is 0. The summed E-state index contributed by atoms with van der Waals surface area (Å²) < 4.78 is 0. The molecule has 0 spiro atoms. The van der Waals surface area contributed by atoms with Crippen molar-refractivity contribution in [2.24, 2.45) is 0 Å². The summed E-state index contributed by atoms with van der Waals surface area (Å²) in [7, 11) is 0. The second kappa shape index (κ2) is 7.80. The van der Waals surface area contributed by atoms with Crippen molar-refractivity contribution in [1.29, 1.82) is 0 Å². The molecule has 110 valence electrons. The normalized spacial score (nSPS) is 9.73. The van der Waals surface area contributed by atoms with Crippen LogP contribution in [0.2, 0.25) is 10.0 Å². The van der Waals surface area contributed by atoms with Gasteiger partial charge in [-0.2, -0.15) is 0 Å². The Morgan fingerprint density at radius 3 is 2.50 bits per heavy atom. The summed E-state index contributed by atoms with van der Waals surface area (Å²) in [5, 5.41) is 23.0. The van der Waals surface area contributed by atoms with Crippen LogP contribution in [-0.4, -0.2) is 15.9 Å². The van der Waals surface area contributed by atoms with Crippen molar-refractivity contribution in [2.45, 2.75) is 0 Å². The van der Waals surface area contributed by atoms with Crippen LogP contribution in [-0.2, 0) is 0 Å². The maximum atomic E-state index is 12.0. The van der Waals surface area contributed by atoms with Crippen LogP contribution in [0.4, 0.5) is 11.4 Å². The van der Waals surface area contributed by atoms with E-state index in [1.54, 1.807) is 0 Å². The van der Waals surface area contributed by atoms with Gasteiger partial charge in [0.05, 0.1) is 21.2 Å². The molecule has 0 saturated heterocycles. The number of phenolic OH excluding ortho intramolecular Hbond substituents is 1. The number of hydrogen-bond donors (Lipinski definition) is 2. The van der Waals surface area contributed by atoms with E-state index in [1.165, 1.54) is 30.3 Å². The van der Waals surface area contributed by atoms with E-state index in [-0.39, 0.29) is 63.7 Å². The molecule has 0 aliphatic heterocycles. The second-order valence-electron chi connectivity index (χ2n) is 4.04. The maximum Gasteiger partial charge on any atom is 1.00 e. The standard InChI is InChI=1S/C13H8Cl2N2O4.Na.H/c14-7-1-4-12(18)9(5-7)13(19)16-11-3-2-8(17(20)21)6-10(11)15;;/h1-6,18H,(H,16,19);;/q;+1;-1. The summed E-state index contributed by atoms with van der Waals surface area (Å²) >= 11 is 11.6. The number of amides is 1. The first-order chi connectivity index (χ1) is 9.88. The molecule has 0 aliphatic rings. The van der Waals surface area contributed by atoms with Gasteiger partial charge < -0.3 is 11.8 Å². The predicted octanol–water partition coefficient (Wildman–Crippen LogP) is 0.976. The van der Waals surface area contributed by atoms with E-state index in [1.807, 2.05) is 0 Å². The Morgan fingerprint density at radius 2 is 1.91 bits per heavy atom. The molecule has 2 aromatic carbocycles. The van der Waals surface area contributed by atoms with Crippen molar-refractivity contribution in [2.75, 3.05) is 5.32 Å². The fourth-order valence-corrected chi connectivity index (χ4v) is 1.99. The van der Waals surface area contributed by atoms with E-state index in [4.69, 9.17) is 23.2 Å². The smallest absolute Gasteiger partial charge is 1.00 e. The number of rotatable bonds is 3. The number of halogens is 2. The van der Waals surface area contributed by atoms with Crippen LogP contribution in [0, 0.1) is 10.1 Å².